The maximum Gasteiger partial charge on any atom is 0.320 e. The maximum atomic E-state index is 10.9. The maximum absolute atomic E-state index is 10.9. The Bertz CT molecular complexity index is 313. The lowest BCUT2D eigenvalue weighted by molar-refractivity contribution is 0.254. The number of carbonyl (C=O) groups excluding carboxylic acids is 1. The molecule has 0 spiro atoms. The highest BCUT2D eigenvalue weighted by atomic mass is 16.2. The van der Waals surface area contributed by atoms with Crippen LogP contribution in [-0.2, 0) is 0 Å². The Kier molecular flexibility index (Phi) is 2.79. The van der Waals surface area contributed by atoms with E-state index in [0.29, 0.717) is 18.2 Å². The van der Waals surface area contributed by atoms with E-state index in [1.165, 1.54) is 11.0 Å². The first kappa shape index (κ1) is 9.44. The molecule has 0 aliphatic rings. The quantitative estimate of drug-likeness (QED) is 0.718. The molecular weight excluding hydrogens is 168 g/mol. The van der Waals surface area contributed by atoms with Crippen LogP contribution in [0.15, 0.2) is 6.07 Å². The van der Waals surface area contributed by atoms with Gasteiger partial charge in [0.25, 0.3) is 0 Å². The minimum absolute atomic E-state index is 0.486. The smallest absolute Gasteiger partial charge is 0.320 e. The number of amides is 2. The van der Waals surface area contributed by atoms with Gasteiger partial charge < -0.3 is 5.73 Å². The molecule has 2 amide bonds. The number of anilines is 1. The molecule has 0 saturated carbocycles. The van der Waals surface area contributed by atoms with Gasteiger partial charge in [-0.05, 0) is 13.8 Å². The van der Waals surface area contributed by atoms with Crippen LogP contribution in [0, 0.1) is 13.1 Å². The molecule has 1 heterocycles. The molecule has 1 radical (unpaired) electrons. The normalized spacial score (nSPS) is 9.69. The van der Waals surface area contributed by atoms with E-state index in [2.05, 4.69) is 16.2 Å². The van der Waals surface area contributed by atoms with Crippen molar-refractivity contribution < 1.29 is 4.79 Å². The summed E-state index contributed by atoms with van der Waals surface area (Å²) >= 11 is 0. The Morgan fingerprint density at radius 2 is 2.46 bits per heavy atom. The summed E-state index contributed by atoms with van der Waals surface area (Å²) in [5.41, 5.74) is 5.14. The summed E-state index contributed by atoms with van der Waals surface area (Å²) in [4.78, 5) is 20.1. The van der Waals surface area contributed by atoms with E-state index in [1.54, 1.807) is 6.92 Å². The Balaban J connectivity index is 2.98. The molecular formula is C8H11N4O. The monoisotopic (exact) mass is 179 g/mol. The lowest BCUT2D eigenvalue weighted by atomic mass is 10.4. The highest BCUT2D eigenvalue weighted by Gasteiger charge is 2.10. The molecule has 13 heavy (non-hydrogen) atoms. The van der Waals surface area contributed by atoms with E-state index in [0.717, 1.165) is 0 Å². The molecule has 0 fully saturated rings. The Morgan fingerprint density at radius 1 is 1.77 bits per heavy atom. The molecule has 1 aromatic rings. The van der Waals surface area contributed by atoms with Crippen LogP contribution in [0.3, 0.4) is 0 Å². The fraction of sp³-hybridized carbons (Fsp3) is 0.375. The lowest BCUT2D eigenvalue weighted by Gasteiger charge is -2.16. The van der Waals surface area contributed by atoms with Gasteiger partial charge >= 0.3 is 6.03 Å². The minimum atomic E-state index is -0.519. The summed E-state index contributed by atoms with van der Waals surface area (Å²) in [6, 6.07) is 1.01. The number of urea groups is 1. The second kappa shape index (κ2) is 3.84. The highest BCUT2D eigenvalue weighted by molar-refractivity contribution is 5.89. The molecule has 0 bridgehead atoms. The fourth-order valence-electron chi connectivity index (χ4n) is 0.975. The van der Waals surface area contributed by atoms with Gasteiger partial charge in [-0.1, -0.05) is 0 Å². The molecule has 69 valence electrons. The van der Waals surface area contributed by atoms with Crippen LogP contribution < -0.4 is 10.6 Å². The van der Waals surface area contributed by atoms with Crippen molar-refractivity contribution in [3.05, 3.63) is 18.1 Å². The van der Waals surface area contributed by atoms with Crippen molar-refractivity contribution in [3.8, 4) is 0 Å². The second-order valence-electron chi connectivity index (χ2n) is 2.48. The molecule has 0 aliphatic carbocycles. The predicted molar refractivity (Wildman–Crippen MR) is 48.2 cm³/mol. The first-order valence-corrected chi connectivity index (χ1v) is 3.94. The van der Waals surface area contributed by atoms with E-state index in [9.17, 15) is 4.79 Å². The number of nitrogens with zero attached hydrogens (tertiary/aromatic N) is 3. The van der Waals surface area contributed by atoms with Crippen LogP contribution >= 0.6 is 0 Å². The molecule has 0 atom stereocenters. The number of aryl methyl sites for hydroxylation is 1. The van der Waals surface area contributed by atoms with E-state index in [-0.39, 0.29) is 0 Å². The molecule has 5 nitrogen and oxygen atoms in total. The van der Waals surface area contributed by atoms with Gasteiger partial charge in [0.05, 0.1) is 6.20 Å². The predicted octanol–water partition coefficient (Wildman–Crippen LogP) is 0.490. The van der Waals surface area contributed by atoms with Gasteiger partial charge in [0, 0.05) is 12.6 Å². The first-order chi connectivity index (χ1) is 6.15. The molecule has 0 unspecified atom stereocenters. The molecule has 0 saturated heterocycles. The van der Waals surface area contributed by atoms with Gasteiger partial charge in [-0.15, -0.1) is 0 Å². The second-order valence-corrected chi connectivity index (χ2v) is 2.48. The van der Waals surface area contributed by atoms with Crippen molar-refractivity contribution in [1.29, 1.82) is 0 Å². The van der Waals surface area contributed by atoms with E-state index >= 15 is 0 Å². The zero-order valence-electron chi connectivity index (χ0n) is 7.61. The van der Waals surface area contributed by atoms with Crippen LogP contribution in [0.5, 0.6) is 0 Å². The van der Waals surface area contributed by atoms with Crippen molar-refractivity contribution in [1.82, 2.24) is 9.97 Å². The van der Waals surface area contributed by atoms with Crippen LogP contribution in [0.4, 0.5) is 10.6 Å². The average Bonchev–Trinajstić information content (AvgIpc) is 2.04. The Labute approximate surface area is 76.6 Å². The van der Waals surface area contributed by atoms with Crippen molar-refractivity contribution in [2.24, 2.45) is 5.73 Å². The van der Waals surface area contributed by atoms with Crippen LogP contribution in [0.1, 0.15) is 12.7 Å². The number of hydrogen-bond acceptors (Lipinski definition) is 3. The SMILES string of the molecule is CCN(C(N)=O)c1c[c]nc(C)n1. The molecule has 1 rings (SSSR count). The topological polar surface area (TPSA) is 72.1 Å². The summed E-state index contributed by atoms with van der Waals surface area (Å²) in [5.74, 6) is 1.06. The first-order valence-electron chi connectivity index (χ1n) is 3.94. The fourth-order valence-corrected chi connectivity index (χ4v) is 0.975. The minimum Gasteiger partial charge on any atom is -0.351 e. The van der Waals surface area contributed by atoms with E-state index in [4.69, 9.17) is 5.73 Å². The van der Waals surface area contributed by atoms with Crippen LogP contribution in [-0.4, -0.2) is 22.5 Å². The molecule has 2 N–H and O–H groups in total. The van der Waals surface area contributed by atoms with Crippen LogP contribution in [0.25, 0.3) is 0 Å². The van der Waals surface area contributed by atoms with E-state index < -0.39 is 6.03 Å². The summed E-state index contributed by atoms with van der Waals surface area (Å²) in [6.45, 7) is 4.04. The zero-order valence-corrected chi connectivity index (χ0v) is 7.61. The van der Waals surface area contributed by atoms with Crippen molar-refractivity contribution in [2.45, 2.75) is 13.8 Å². The van der Waals surface area contributed by atoms with Crippen molar-refractivity contribution >= 4 is 11.8 Å². The van der Waals surface area contributed by atoms with Crippen molar-refractivity contribution in [3.63, 3.8) is 0 Å². The zero-order chi connectivity index (χ0) is 9.84. The molecule has 1 aromatic heterocycles. The number of carbonyl (C=O) groups is 1. The summed E-state index contributed by atoms with van der Waals surface area (Å²) in [6.07, 6.45) is 2.64. The Morgan fingerprint density at radius 3 is 2.92 bits per heavy atom. The van der Waals surface area contributed by atoms with Crippen LogP contribution in [0.2, 0.25) is 0 Å². The largest absolute Gasteiger partial charge is 0.351 e. The van der Waals surface area contributed by atoms with E-state index in [1.807, 2.05) is 6.92 Å². The third-order valence-corrected chi connectivity index (χ3v) is 1.56. The summed E-state index contributed by atoms with van der Waals surface area (Å²) in [7, 11) is 0. The van der Waals surface area contributed by atoms with Gasteiger partial charge in [-0.2, -0.15) is 0 Å². The summed E-state index contributed by atoms with van der Waals surface area (Å²) in [5, 5.41) is 0. The molecule has 0 aliphatic heterocycles. The van der Waals surface area contributed by atoms with Gasteiger partial charge in [0.2, 0.25) is 0 Å². The number of aromatic nitrogens is 2. The lowest BCUT2D eigenvalue weighted by Crippen LogP contribution is -2.36. The molecule has 5 heteroatoms. The van der Waals surface area contributed by atoms with Gasteiger partial charge in [0.15, 0.2) is 0 Å². The third-order valence-electron chi connectivity index (χ3n) is 1.56. The number of nitrogens with two attached hydrogens (primary N) is 1. The standard InChI is InChI=1S/C8H11N4O/c1-3-12(8(9)13)7-4-5-10-6(2)11-7/h4H,3H2,1-2H3,(H2,9,13). The third kappa shape index (κ3) is 2.14. The average molecular weight is 179 g/mol. The summed E-state index contributed by atoms with van der Waals surface area (Å²) < 4.78 is 0. The number of rotatable bonds is 2. The molecule has 0 aromatic carbocycles. The number of primary amides is 1. The van der Waals surface area contributed by atoms with Crippen molar-refractivity contribution in [2.75, 3.05) is 11.4 Å². The van der Waals surface area contributed by atoms with Gasteiger partial charge in [0.1, 0.15) is 11.6 Å². The number of hydrogen-bond donors (Lipinski definition) is 1. The Hall–Kier alpha value is -1.65. The van der Waals surface area contributed by atoms with Gasteiger partial charge in [-0.3, -0.25) is 4.90 Å². The van der Waals surface area contributed by atoms with Gasteiger partial charge in [-0.25, -0.2) is 14.8 Å². The highest BCUT2D eigenvalue weighted by Crippen LogP contribution is 2.07.